The van der Waals surface area contributed by atoms with E-state index in [9.17, 15) is 4.79 Å². The van der Waals surface area contributed by atoms with Crippen LogP contribution in [-0.4, -0.2) is 15.0 Å². The maximum atomic E-state index is 11.3. The van der Waals surface area contributed by atoms with Crippen molar-refractivity contribution in [2.24, 2.45) is 0 Å². The summed E-state index contributed by atoms with van der Waals surface area (Å²) in [6, 6.07) is 5.16. The Kier molecular flexibility index (Phi) is 3.15. The van der Waals surface area contributed by atoms with Gasteiger partial charge in [-0.2, -0.15) is 0 Å². The number of nitrogens with zero attached hydrogens (tertiary/aromatic N) is 2. The fourth-order valence-electron chi connectivity index (χ4n) is 1.69. The van der Waals surface area contributed by atoms with Gasteiger partial charge in [0, 0.05) is 41.2 Å². The molecule has 0 saturated carbocycles. The van der Waals surface area contributed by atoms with Crippen LogP contribution in [0.15, 0.2) is 47.0 Å². The minimum absolute atomic E-state index is 0.142. The Balaban J connectivity index is 2.05. The molecular weight excluding hydrogens is 282 g/mol. The van der Waals surface area contributed by atoms with E-state index in [1.54, 1.807) is 18.6 Å². The minimum atomic E-state index is -0.142. The number of nitrogens with one attached hydrogen (secondary N) is 1. The summed E-state index contributed by atoms with van der Waals surface area (Å²) in [4.78, 5) is 22.3. The first-order valence-corrected chi connectivity index (χ1v) is 6.74. The summed E-state index contributed by atoms with van der Waals surface area (Å²) in [6.07, 6.45) is 4.87. The van der Waals surface area contributed by atoms with Gasteiger partial charge in [-0.25, -0.2) is 4.98 Å². The largest absolute Gasteiger partial charge is 0.329 e. The van der Waals surface area contributed by atoms with Gasteiger partial charge in [-0.15, -0.1) is 11.3 Å². The molecule has 4 nitrogen and oxygen atoms in total. The van der Waals surface area contributed by atoms with Crippen LogP contribution in [-0.2, 0) is 0 Å². The number of hydrogen-bond donors (Lipinski definition) is 1. The van der Waals surface area contributed by atoms with Crippen LogP contribution < -0.4 is 5.56 Å². The molecule has 3 rings (SSSR count). The van der Waals surface area contributed by atoms with Crippen molar-refractivity contribution in [2.75, 3.05) is 0 Å². The molecule has 0 radical (unpaired) electrons. The molecule has 3 aromatic heterocycles. The Hall–Kier alpha value is -1.98. The van der Waals surface area contributed by atoms with E-state index in [2.05, 4.69) is 15.0 Å². The van der Waals surface area contributed by atoms with Crippen molar-refractivity contribution < 1.29 is 0 Å². The Morgan fingerprint density at radius 2 is 2.21 bits per heavy atom. The van der Waals surface area contributed by atoms with Gasteiger partial charge in [0.25, 0.3) is 0 Å². The van der Waals surface area contributed by atoms with Crippen molar-refractivity contribution >= 4 is 22.9 Å². The molecule has 1 N–H and O–H groups in total. The number of hydrogen-bond acceptors (Lipinski definition) is 4. The Labute approximate surface area is 117 Å². The molecule has 0 amide bonds. The van der Waals surface area contributed by atoms with E-state index in [4.69, 9.17) is 11.6 Å². The van der Waals surface area contributed by atoms with Gasteiger partial charge in [0.15, 0.2) is 0 Å². The lowest BCUT2D eigenvalue weighted by atomic mass is 10.2. The van der Waals surface area contributed by atoms with E-state index in [0.29, 0.717) is 5.02 Å². The van der Waals surface area contributed by atoms with Gasteiger partial charge < -0.3 is 4.98 Å². The smallest absolute Gasteiger partial charge is 0.248 e. The molecule has 19 heavy (non-hydrogen) atoms. The first kappa shape index (κ1) is 12.1. The molecule has 94 valence electrons. The number of rotatable bonds is 2. The van der Waals surface area contributed by atoms with Crippen LogP contribution in [0.4, 0.5) is 0 Å². The zero-order chi connectivity index (χ0) is 13.2. The Morgan fingerprint density at radius 3 is 3.00 bits per heavy atom. The van der Waals surface area contributed by atoms with Gasteiger partial charge in [0.2, 0.25) is 5.56 Å². The van der Waals surface area contributed by atoms with Gasteiger partial charge in [0.1, 0.15) is 5.01 Å². The molecule has 3 heterocycles. The van der Waals surface area contributed by atoms with Gasteiger partial charge in [-0.3, -0.25) is 9.78 Å². The number of halogens is 1. The summed E-state index contributed by atoms with van der Waals surface area (Å²) >= 11 is 7.56. The number of pyridine rings is 2. The molecule has 6 heteroatoms. The molecule has 0 saturated heterocycles. The lowest BCUT2D eigenvalue weighted by Gasteiger charge is -1.98. The maximum Gasteiger partial charge on any atom is 0.248 e. The van der Waals surface area contributed by atoms with Crippen molar-refractivity contribution in [1.29, 1.82) is 0 Å². The number of aromatic nitrogens is 3. The topological polar surface area (TPSA) is 58.6 Å². The number of H-pyrrole nitrogens is 1. The average molecular weight is 290 g/mol. The standard InChI is InChI=1S/C13H8ClN3OS/c14-10-6-15-3-2-9(10)11-7-19-13(17-11)8-1-4-16-12(18)5-8/h1-7H,(H,16,18). The molecule has 0 aliphatic rings. The molecule has 0 unspecified atom stereocenters. The average Bonchev–Trinajstić information content (AvgIpc) is 2.89. The third-order valence-electron chi connectivity index (χ3n) is 2.57. The third-order valence-corrected chi connectivity index (χ3v) is 3.77. The lowest BCUT2D eigenvalue weighted by molar-refractivity contribution is 1.24. The molecule has 0 atom stereocenters. The Morgan fingerprint density at radius 1 is 1.32 bits per heavy atom. The third kappa shape index (κ3) is 2.43. The van der Waals surface area contributed by atoms with E-state index < -0.39 is 0 Å². The molecule has 0 bridgehead atoms. The molecular formula is C13H8ClN3OS. The maximum absolute atomic E-state index is 11.3. The zero-order valence-electron chi connectivity index (χ0n) is 9.63. The normalized spacial score (nSPS) is 10.6. The first-order valence-electron chi connectivity index (χ1n) is 5.48. The van der Waals surface area contributed by atoms with E-state index in [-0.39, 0.29) is 5.56 Å². The van der Waals surface area contributed by atoms with Crippen molar-refractivity contribution in [3.05, 3.63) is 57.5 Å². The van der Waals surface area contributed by atoms with Gasteiger partial charge in [-0.05, 0) is 12.1 Å². The summed E-state index contributed by atoms with van der Waals surface area (Å²) in [5.41, 5.74) is 2.28. The van der Waals surface area contributed by atoms with Crippen molar-refractivity contribution in [3.8, 4) is 21.8 Å². The highest BCUT2D eigenvalue weighted by Crippen LogP contribution is 2.31. The van der Waals surface area contributed by atoms with Crippen LogP contribution in [0.3, 0.4) is 0 Å². The second kappa shape index (κ2) is 4.95. The van der Waals surface area contributed by atoms with Crippen LogP contribution in [0.2, 0.25) is 5.02 Å². The van der Waals surface area contributed by atoms with Crippen LogP contribution in [0, 0.1) is 0 Å². The quantitative estimate of drug-likeness (QED) is 0.788. The zero-order valence-corrected chi connectivity index (χ0v) is 11.2. The molecule has 0 spiro atoms. The van der Waals surface area contributed by atoms with E-state index in [1.807, 2.05) is 17.5 Å². The van der Waals surface area contributed by atoms with E-state index in [0.717, 1.165) is 21.8 Å². The van der Waals surface area contributed by atoms with Crippen molar-refractivity contribution in [3.63, 3.8) is 0 Å². The van der Waals surface area contributed by atoms with Crippen LogP contribution in [0.25, 0.3) is 21.8 Å². The first-order chi connectivity index (χ1) is 9.24. The highest BCUT2D eigenvalue weighted by atomic mass is 35.5. The summed E-state index contributed by atoms with van der Waals surface area (Å²) in [5.74, 6) is 0. The number of thiazole rings is 1. The second-order valence-corrected chi connectivity index (χ2v) is 5.10. The summed E-state index contributed by atoms with van der Waals surface area (Å²) < 4.78 is 0. The van der Waals surface area contributed by atoms with Crippen molar-refractivity contribution in [1.82, 2.24) is 15.0 Å². The molecule has 0 aromatic carbocycles. The minimum Gasteiger partial charge on any atom is -0.329 e. The second-order valence-electron chi connectivity index (χ2n) is 3.84. The van der Waals surface area contributed by atoms with E-state index >= 15 is 0 Å². The lowest BCUT2D eigenvalue weighted by Crippen LogP contribution is -2.01. The monoisotopic (exact) mass is 289 g/mol. The van der Waals surface area contributed by atoms with Crippen LogP contribution in [0.5, 0.6) is 0 Å². The highest BCUT2D eigenvalue weighted by molar-refractivity contribution is 7.13. The molecule has 0 fully saturated rings. The summed E-state index contributed by atoms with van der Waals surface area (Å²) in [5, 5.41) is 3.26. The number of aromatic amines is 1. The molecule has 0 aliphatic carbocycles. The Bertz CT molecular complexity index is 781. The summed E-state index contributed by atoms with van der Waals surface area (Å²) in [6.45, 7) is 0. The SMILES string of the molecule is O=c1cc(-c2nc(-c3ccncc3Cl)cs2)cc[nH]1. The van der Waals surface area contributed by atoms with Gasteiger partial charge >= 0.3 is 0 Å². The highest BCUT2D eigenvalue weighted by Gasteiger charge is 2.09. The fourth-order valence-corrected chi connectivity index (χ4v) is 2.72. The van der Waals surface area contributed by atoms with Crippen molar-refractivity contribution in [2.45, 2.75) is 0 Å². The van der Waals surface area contributed by atoms with Gasteiger partial charge in [-0.1, -0.05) is 11.6 Å². The summed E-state index contributed by atoms with van der Waals surface area (Å²) in [7, 11) is 0. The van der Waals surface area contributed by atoms with Crippen LogP contribution >= 0.6 is 22.9 Å². The predicted molar refractivity (Wildman–Crippen MR) is 76.4 cm³/mol. The molecule has 0 aliphatic heterocycles. The fraction of sp³-hybridized carbons (Fsp3) is 0. The van der Waals surface area contributed by atoms with E-state index in [1.165, 1.54) is 17.4 Å². The van der Waals surface area contributed by atoms with Gasteiger partial charge in [0.05, 0.1) is 10.7 Å². The molecule has 3 aromatic rings. The van der Waals surface area contributed by atoms with Crippen LogP contribution in [0.1, 0.15) is 0 Å². The predicted octanol–water partition coefficient (Wildman–Crippen LogP) is 3.21.